The van der Waals surface area contributed by atoms with Crippen molar-refractivity contribution < 1.29 is 19.6 Å². The van der Waals surface area contributed by atoms with E-state index in [4.69, 9.17) is 5.11 Å². The molecule has 0 saturated carbocycles. The van der Waals surface area contributed by atoms with Gasteiger partial charge in [0.05, 0.1) is 4.92 Å². The summed E-state index contributed by atoms with van der Waals surface area (Å²) in [6, 6.07) is 1.01. The summed E-state index contributed by atoms with van der Waals surface area (Å²) in [6.07, 6.45) is 1.10. The lowest BCUT2D eigenvalue weighted by molar-refractivity contribution is -0.384. The van der Waals surface area contributed by atoms with Gasteiger partial charge in [0, 0.05) is 20.2 Å². The Morgan fingerprint density at radius 3 is 2.53 bits per heavy atom. The van der Waals surface area contributed by atoms with Gasteiger partial charge >= 0.3 is 11.7 Å². The van der Waals surface area contributed by atoms with Crippen molar-refractivity contribution in [3.05, 3.63) is 27.9 Å². The maximum absolute atomic E-state index is 11.1. The molecule has 0 unspecified atom stereocenters. The summed E-state index contributed by atoms with van der Waals surface area (Å²) in [5.41, 5.74) is -1.20. The van der Waals surface area contributed by atoms with E-state index in [0.29, 0.717) is 0 Å². The number of anilines is 1. The first-order chi connectivity index (χ1) is 7.86. The minimum atomic E-state index is -1.45. The highest BCUT2D eigenvalue weighted by Gasteiger charge is 2.28. The Morgan fingerprint density at radius 2 is 2.12 bits per heavy atom. The topological polar surface area (TPSA) is 114 Å². The molecular formula is C9H9N3O5. The fourth-order valence-corrected chi connectivity index (χ4v) is 1.19. The van der Waals surface area contributed by atoms with E-state index in [9.17, 15) is 19.7 Å². The minimum absolute atomic E-state index is 0.289. The van der Waals surface area contributed by atoms with Crippen molar-refractivity contribution in [2.75, 3.05) is 11.9 Å². The second-order valence-electron chi connectivity index (χ2n) is 3.17. The lowest BCUT2D eigenvalue weighted by Crippen LogP contribution is -2.25. The molecule has 0 aromatic carbocycles. The van der Waals surface area contributed by atoms with E-state index in [1.807, 2.05) is 0 Å². The smallest absolute Gasteiger partial charge is 0.342 e. The highest BCUT2D eigenvalue weighted by molar-refractivity contribution is 5.98. The molecule has 0 spiro atoms. The summed E-state index contributed by atoms with van der Waals surface area (Å²) in [5.74, 6) is -2.22. The van der Waals surface area contributed by atoms with Crippen molar-refractivity contribution in [1.29, 1.82) is 0 Å². The van der Waals surface area contributed by atoms with Gasteiger partial charge in [-0.05, 0) is 6.07 Å². The van der Waals surface area contributed by atoms with Crippen LogP contribution in [0.3, 0.4) is 0 Å². The molecule has 0 radical (unpaired) electrons. The summed E-state index contributed by atoms with van der Waals surface area (Å²) in [7, 11) is 1.28. The van der Waals surface area contributed by atoms with Gasteiger partial charge in [-0.1, -0.05) is 0 Å². The van der Waals surface area contributed by atoms with E-state index in [0.717, 1.165) is 17.2 Å². The van der Waals surface area contributed by atoms with Crippen LogP contribution >= 0.6 is 0 Å². The summed E-state index contributed by atoms with van der Waals surface area (Å²) >= 11 is 0. The second-order valence-corrected chi connectivity index (χ2v) is 3.17. The number of aromatic carboxylic acids is 1. The molecule has 0 aliphatic carbocycles. The Morgan fingerprint density at radius 1 is 1.53 bits per heavy atom. The number of hydrogen-bond donors (Lipinski definition) is 1. The van der Waals surface area contributed by atoms with Gasteiger partial charge in [-0.3, -0.25) is 19.8 Å². The molecule has 0 aliphatic heterocycles. The third kappa shape index (κ3) is 2.36. The molecule has 1 rings (SSSR count). The summed E-state index contributed by atoms with van der Waals surface area (Å²) in [6.45, 7) is 1.19. The highest BCUT2D eigenvalue weighted by Crippen LogP contribution is 2.28. The standard InChI is InChI=1S/C9H9N3O5/c1-5(13)11(2)8-7(12(16)17)6(9(14)15)3-4-10-8/h3-4H,1-2H3,(H,14,15). The monoisotopic (exact) mass is 239 g/mol. The van der Waals surface area contributed by atoms with Gasteiger partial charge in [0.15, 0.2) is 0 Å². The van der Waals surface area contributed by atoms with E-state index < -0.39 is 28.1 Å². The van der Waals surface area contributed by atoms with E-state index in [-0.39, 0.29) is 5.82 Å². The average molecular weight is 239 g/mol. The lowest BCUT2D eigenvalue weighted by atomic mass is 10.2. The summed E-state index contributed by atoms with van der Waals surface area (Å²) in [4.78, 5) is 36.5. The molecule has 0 fully saturated rings. The Bertz CT molecular complexity index is 499. The van der Waals surface area contributed by atoms with E-state index in [2.05, 4.69) is 4.98 Å². The number of carboxylic acids is 1. The quantitative estimate of drug-likeness (QED) is 0.612. The average Bonchev–Trinajstić information content (AvgIpc) is 2.26. The number of carboxylic acid groups (broad SMARTS) is 1. The van der Waals surface area contributed by atoms with E-state index in [1.54, 1.807) is 0 Å². The molecule has 90 valence electrons. The molecule has 17 heavy (non-hydrogen) atoms. The van der Waals surface area contributed by atoms with Crippen LogP contribution in [0.25, 0.3) is 0 Å². The van der Waals surface area contributed by atoms with Gasteiger partial charge in [0.2, 0.25) is 11.7 Å². The zero-order chi connectivity index (χ0) is 13.2. The number of nitrogens with zero attached hydrogens (tertiary/aromatic N) is 3. The maximum atomic E-state index is 11.1. The van der Waals surface area contributed by atoms with Gasteiger partial charge in [0.25, 0.3) is 0 Å². The molecule has 1 aromatic heterocycles. The van der Waals surface area contributed by atoms with Crippen molar-refractivity contribution in [3.8, 4) is 0 Å². The first-order valence-electron chi connectivity index (χ1n) is 4.47. The van der Waals surface area contributed by atoms with Crippen molar-refractivity contribution in [1.82, 2.24) is 4.98 Å². The molecule has 0 aliphatic rings. The normalized spacial score (nSPS) is 9.76. The molecule has 8 nitrogen and oxygen atoms in total. The minimum Gasteiger partial charge on any atom is -0.477 e. The van der Waals surface area contributed by atoms with E-state index >= 15 is 0 Å². The number of rotatable bonds is 3. The van der Waals surface area contributed by atoms with Crippen molar-refractivity contribution >= 4 is 23.4 Å². The van der Waals surface area contributed by atoms with Gasteiger partial charge in [-0.2, -0.15) is 0 Å². The van der Waals surface area contributed by atoms with Crippen LogP contribution in [-0.2, 0) is 4.79 Å². The number of hydrogen-bond acceptors (Lipinski definition) is 5. The zero-order valence-corrected chi connectivity index (χ0v) is 9.08. The number of aromatic nitrogens is 1. The molecule has 1 N–H and O–H groups in total. The molecule has 0 atom stereocenters. The van der Waals surface area contributed by atoms with Crippen molar-refractivity contribution in [2.45, 2.75) is 6.92 Å². The van der Waals surface area contributed by atoms with Crippen molar-refractivity contribution in [2.24, 2.45) is 0 Å². The van der Waals surface area contributed by atoms with Crippen molar-refractivity contribution in [3.63, 3.8) is 0 Å². The Balaban J connectivity index is 3.50. The summed E-state index contributed by atoms with van der Waals surface area (Å²) in [5, 5.41) is 19.7. The number of carbonyl (C=O) groups is 2. The SMILES string of the molecule is CC(=O)N(C)c1nccc(C(=O)O)c1[N+](=O)[O-]. The molecular weight excluding hydrogens is 230 g/mol. The largest absolute Gasteiger partial charge is 0.477 e. The maximum Gasteiger partial charge on any atom is 0.342 e. The molecule has 0 saturated heterocycles. The van der Waals surface area contributed by atoms with Gasteiger partial charge < -0.3 is 5.11 Å². The van der Waals surface area contributed by atoms with Crippen LogP contribution in [0.15, 0.2) is 12.3 Å². The van der Waals surface area contributed by atoms with Crippen LogP contribution in [0, 0.1) is 10.1 Å². The first kappa shape index (κ1) is 12.6. The Labute approximate surface area is 95.6 Å². The molecule has 1 amide bonds. The number of pyridine rings is 1. The molecule has 1 heterocycles. The number of amides is 1. The predicted molar refractivity (Wildman–Crippen MR) is 56.9 cm³/mol. The third-order valence-electron chi connectivity index (χ3n) is 2.11. The fourth-order valence-electron chi connectivity index (χ4n) is 1.19. The van der Waals surface area contributed by atoms with Gasteiger partial charge in [-0.25, -0.2) is 9.78 Å². The fraction of sp³-hybridized carbons (Fsp3) is 0.222. The van der Waals surface area contributed by atoms with Crippen LogP contribution in [0.4, 0.5) is 11.5 Å². The number of nitro groups is 1. The van der Waals surface area contributed by atoms with E-state index in [1.165, 1.54) is 14.0 Å². The Hall–Kier alpha value is -2.51. The molecule has 8 heteroatoms. The zero-order valence-electron chi connectivity index (χ0n) is 9.08. The molecule has 0 bridgehead atoms. The lowest BCUT2D eigenvalue weighted by Gasteiger charge is -2.14. The predicted octanol–water partition coefficient (Wildman–Crippen LogP) is 0.671. The third-order valence-corrected chi connectivity index (χ3v) is 2.11. The van der Waals surface area contributed by atoms with Crippen LogP contribution < -0.4 is 4.90 Å². The first-order valence-corrected chi connectivity index (χ1v) is 4.47. The highest BCUT2D eigenvalue weighted by atomic mass is 16.6. The Kier molecular flexibility index (Phi) is 3.37. The van der Waals surface area contributed by atoms with Crippen LogP contribution in [0.2, 0.25) is 0 Å². The van der Waals surface area contributed by atoms with Crippen LogP contribution in [0.5, 0.6) is 0 Å². The van der Waals surface area contributed by atoms with Crippen LogP contribution in [0.1, 0.15) is 17.3 Å². The van der Waals surface area contributed by atoms with Gasteiger partial charge in [0.1, 0.15) is 5.56 Å². The molecule has 1 aromatic rings. The number of carbonyl (C=O) groups excluding carboxylic acids is 1. The summed E-state index contributed by atoms with van der Waals surface area (Å²) < 4.78 is 0. The second kappa shape index (κ2) is 4.56. The van der Waals surface area contributed by atoms with Gasteiger partial charge in [-0.15, -0.1) is 0 Å². The van der Waals surface area contributed by atoms with Crippen LogP contribution in [-0.4, -0.2) is 33.9 Å².